The first-order valence-corrected chi connectivity index (χ1v) is 10.7. The minimum absolute atomic E-state index is 0.0000685. The summed E-state index contributed by atoms with van der Waals surface area (Å²) >= 11 is 0. The van der Waals surface area contributed by atoms with Gasteiger partial charge in [0.15, 0.2) is 0 Å². The number of benzene rings is 3. The maximum absolute atomic E-state index is 13.5. The van der Waals surface area contributed by atoms with Gasteiger partial charge in [0.1, 0.15) is 5.84 Å². The zero-order valence-corrected chi connectivity index (χ0v) is 17.9. The lowest BCUT2D eigenvalue weighted by Crippen LogP contribution is -2.35. The Bertz CT molecular complexity index is 1300. The van der Waals surface area contributed by atoms with Crippen molar-refractivity contribution in [3.8, 4) is 0 Å². The van der Waals surface area contributed by atoms with Gasteiger partial charge in [-0.15, -0.1) is 0 Å². The van der Waals surface area contributed by atoms with E-state index in [4.69, 9.17) is 0 Å². The summed E-state index contributed by atoms with van der Waals surface area (Å²) in [6, 6.07) is 16.6. The first kappa shape index (κ1) is 22.6. The van der Waals surface area contributed by atoms with Crippen molar-refractivity contribution >= 4 is 38.6 Å². The summed E-state index contributed by atoms with van der Waals surface area (Å²) in [5.41, 5.74) is 0.756. The third kappa shape index (κ3) is 4.78. The standard InChI is InChI=1S/C21H18N4O6S/c1-15-6-12-21(13-7-15)32(30,31)23(19-4-3-5-20(14-19)25(28)29)16(2)22-17-8-10-18(11-9-17)24(26)27/h3-14H,1-2H3. The summed E-state index contributed by atoms with van der Waals surface area (Å²) in [6.45, 7) is 3.25. The average molecular weight is 454 g/mol. The van der Waals surface area contributed by atoms with Crippen LogP contribution in [0.1, 0.15) is 12.5 Å². The van der Waals surface area contributed by atoms with E-state index in [9.17, 15) is 28.6 Å². The predicted octanol–water partition coefficient (Wildman–Crippen LogP) is 4.76. The number of rotatable bonds is 6. The van der Waals surface area contributed by atoms with Crippen molar-refractivity contribution in [3.05, 3.63) is 98.6 Å². The van der Waals surface area contributed by atoms with E-state index >= 15 is 0 Å². The van der Waals surface area contributed by atoms with Crippen LogP contribution in [0.3, 0.4) is 0 Å². The van der Waals surface area contributed by atoms with Crippen LogP contribution in [0.25, 0.3) is 0 Å². The second-order valence-corrected chi connectivity index (χ2v) is 8.58. The van der Waals surface area contributed by atoms with E-state index < -0.39 is 19.9 Å². The molecule has 11 heteroatoms. The van der Waals surface area contributed by atoms with Crippen LogP contribution >= 0.6 is 0 Å². The summed E-state index contributed by atoms with van der Waals surface area (Å²) in [4.78, 5) is 25.2. The van der Waals surface area contributed by atoms with Crippen LogP contribution in [0, 0.1) is 27.2 Å². The average Bonchev–Trinajstić information content (AvgIpc) is 2.74. The molecule has 0 heterocycles. The van der Waals surface area contributed by atoms with Crippen LogP contribution in [0.15, 0.2) is 82.7 Å². The van der Waals surface area contributed by atoms with Crippen LogP contribution in [0.2, 0.25) is 0 Å². The van der Waals surface area contributed by atoms with Crippen molar-refractivity contribution in [1.82, 2.24) is 0 Å². The number of nitrogens with zero attached hydrogens (tertiary/aromatic N) is 4. The van der Waals surface area contributed by atoms with Crippen molar-refractivity contribution in [3.63, 3.8) is 0 Å². The molecule has 0 bridgehead atoms. The molecule has 164 valence electrons. The van der Waals surface area contributed by atoms with Gasteiger partial charge < -0.3 is 0 Å². The van der Waals surface area contributed by atoms with Crippen LogP contribution in [0.4, 0.5) is 22.7 Å². The second kappa shape index (κ2) is 8.94. The van der Waals surface area contributed by atoms with E-state index in [2.05, 4.69) is 4.99 Å². The molecule has 0 atom stereocenters. The van der Waals surface area contributed by atoms with Gasteiger partial charge in [-0.05, 0) is 44.2 Å². The minimum Gasteiger partial charge on any atom is -0.258 e. The molecule has 0 unspecified atom stereocenters. The highest BCUT2D eigenvalue weighted by molar-refractivity contribution is 7.93. The molecular weight excluding hydrogens is 436 g/mol. The zero-order valence-electron chi connectivity index (χ0n) is 17.1. The highest BCUT2D eigenvalue weighted by Gasteiger charge is 2.28. The summed E-state index contributed by atoms with van der Waals surface area (Å²) in [5.74, 6) is -0.0000685. The molecule has 0 aliphatic carbocycles. The van der Waals surface area contributed by atoms with Crippen LogP contribution in [-0.4, -0.2) is 24.1 Å². The fourth-order valence-corrected chi connectivity index (χ4v) is 4.40. The molecule has 0 aliphatic rings. The van der Waals surface area contributed by atoms with E-state index in [1.165, 1.54) is 61.5 Å². The Morgan fingerprint density at radius 2 is 1.47 bits per heavy atom. The molecule has 10 nitrogen and oxygen atoms in total. The molecule has 0 amide bonds. The van der Waals surface area contributed by atoms with Gasteiger partial charge in [-0.3, -0.25) is 20.2 Å². The maximum Gasteiger partial charge on any atom is 0.271 e. The lowest BCUT2D eigenvalue weighted by Gasteiger charge is -2.24. The highest BCUT2D eigenvalue weighted by atomic mass is 32.2. The van der Waals surface area contributed by atoms with E-state index in [0.29, 0.717) is 0 Å². The van der Waals surface area contributed by atoms with Crippen LogP contribution < -0.4 is 4.31 Å². The number of aliphatic imine (C=N–C) groups is 1. The zero-order chi connectivity index (χ0) is 23.5. The summed E-state index contributed by atoms with van der Waals surface area (Å²) in [5, 5.41) is 22.1. The van der Waals surface area contributed by atoms with E-state index in [1.54, 1.807) is 12.1 Å². The Morgan fingerprint density at radius 1 is 0.875 bits per heavy atom. The number of nitro groups is 2. The molecule has 0 radical (unpaired) electrons. The van der Waals surface area contributed by atoms with Gasteiger partial charge in [0.05, 0.1) is 26.1 Å². The Labute approximate surface area is 183 Å². The van der Waals surface area contributed by atoms with Gasteiger partial charge in [-0.2, -0.15) is 0 Å². The smallest absolute Gasteiger partial charge is 0.258 e. The predicted molar refractivity (Wildman–Crippen MR) is 120 cm³/mol. The summed E-state index contributed by atoms with van der Waals surface area (Å²) < 4.78 is 27.9. The van der Waals surface area contributed by atoms with Gasteiger partial charge in [0, 0.05) is 24.3 Å². The number of anilines is 1. The Hall–Kier alpha value is -4.12. The number of aryl methyl sites for hydroxylation is 1. The second-order valence-electron chi connectivity index (χ2n) is 6.79. The molecule has 3 rings (SSSR count). The van der Waals surface area contributed by atoms with Crippen LogP contribution in [-0.2, 0) is 10.0 Å². The van der Waals surface area contributed by atoms with Gasteiger partial charge >= 0.3 is 0 Å². The Kier molecular flexibility index (Phi) is 6.30. The third-order valence-electron chi connectivity index (χ3n) is 4.48. The highest BCUT2D eigenvalue weighted by Crippen LogP contribution is 2.29. The lowest BCUT2D eigenvalue weighted by atomic mass is 10.2. The molecule has 3 aromatic rings. The van der Waals surface area contributed by atoms with E-state index in [0.717, 1.165) is 15.9 Å². The van der Waals surface area contributed by atoms with Crippen molar-refractivity contribution in [2.75, 3.05) is 4.31 Å². The van der Waals surface area contributed by atoms with Gasteiger partial charge in [0.2, 0.25) is 0 Å². The topological polar surface area (TPSA) is 136 Å². The Balaban J connectivity index is 2.15. The molecule has 0 spiro atoms. The number of amidine groups is 1. The largest absolute Gasteiger partial charge is 0.271 e. The SMILES string of the molecule is CC(=Nc1ccc([N+](=O)[O-])cc1)N(c1cccc([N+](=O)[O-])c1)S(=O)(=O)c1ccc(C)cc1. The molecule has 3 aromatic carbocycles. The number of nitro benzene ring substituents is 2. The molecule has 32 heavy (non-hydrogen) atoms. The number of hydrogen-bond acceptors (Lipinski definition) is 7. The number of non-ortho nitro benzene ring substituents is 2. The number of sulfonamides is 1. The van der Waals surface area contributed by atoms with E-state index in [1.807, 2.05) is 6.92 Å². The molecule has 0 aliphatic heterocycles. The fourth-order valence-electron chi connectivity index (χ4n) is 2.93. The minimum atomic E-state index is -4.18. The first-order valence-electron chi connectivity index (χ1n) is 9.26. The lowest BCUT2D eigenvalue weighted by molar-refractivity contribution is -0.385. The van der Waals surface area contributed by atoms with Crippen molar-refractivity contribution in [2.24, 2.45) is 4.99 Å². The van der Waals surface area contributed by atoms with Crippen molar-refractivity contribution in [2.45, 2.75) is 18.7 Å². The maximum atomic E-state index is 13.5. The molecule has 0 saturated carbocycles. The van der Waals surface area contributed by atoms with Crippen molar-refractivity contribution < 1.29 is 18.3 Å². The van der Waals surface area contributed by atoms with Gasteiger partial charge in [-0.1, -0.05) is 23.8 Å². The van der Waals surface area contributed by atoms with E-state index in [-0.39, 0.29) is 33.5 Å². The normalized spacial score (nSPS) is 11.8. The molecule has 0 fully saturated rings. The third-order valence-corrected chi connectivity index (χ3v) is 6.30. The quantitative estimate of drug-likeness (QED) is 0.228. The van der Waals surface area contributed by atoms with Gasteiger partial charge in [-0.25, -0.2) is 17.7 Å². The first-order chi connectivity index (χ1) is 15.1. The Morgan fingerprint density at radius 3 is 2.03 bits per heavy atom. The summed E-state index contributed by atoms with van der Waals surface area (Å²) in [6.07, 6.45) is 0. The molecular formula is C21H18N4O6S. The fraction of sp³-hybridized carbons (Fsp3) is 0.0952. The van der Waals surface area contributed by atoms with Crippen LogP contribution in [0.5, 0.6) is 0 Å². The summed E-state index contributed by atoms with van der Waals surface area (Å²) in [7, 11) is -4.18. The number of hydrogen-bond donors (Lipinski definition) is 0. The molecule has 0 N–H and O–H groups in total. The molecule has 0 saturated heterocycles. The molecule has 0 aromatic heterocycles. The van der Waals surface area contributed by atoms with Gasteiger partial charge in [0.25, 0.3) is 21.4 Å². The monoisotopic (exact) mass is 454 g/mol. The van der Waals surface area contributed by atoms with Crippen molar-refractivity contribution in [1.29, 1.82) is 0 Å².